The molecule has 3 nitrogen and oxygen atoms in total. The van der Waals surface area contributed by atoms with Gasteiger partial charge in [-0.05, 0) is 30.6 Å². The van der Waals surface area contributed by atoms with Crippen molar-refractivity contribution in [2.24, 2.45) is 11.3 Å². The van der Waals surface area contributed by atoms with Gasteiger partial charge < -0.3 is 5.32 Å². The van der Waals surface area contributed by atoms with Crippen molar-refractivity contribution >= 4 is 5.91 Å². The molecule has 2 aliphatic rings. The average molecular weight is 260 g/mol. The van der Waals surface area contributed by atoms with Crippen LogP contribution in [-0.2, 0) is 4.79 Å². The van der Waals surface area contributed by atoms with Gasteiger partial charge in [0.25, 0.3) is 5.92 Å². The number of nitrogens with one attached hydrogen (secondary N) is 2. The summed E-state index contributed by atoms with van der Waals surface area (Å²) in [4.78, 5) is 11.8. The average Bonchev–Trinajstić information content (AvgIpc) is 2.90. The molecule has 0 radical (unpaired) electrons. The van der Waals surface area contributed by atoms with E-state index < -0.39 is 12.0 Å². The van der Waals surface area contributed by atoms with Gasteiger partial charge in [-0.1, -0.05) is 13.8 Å². The fourth-order valence-corrected chi connectivity index (χ4v) is 2.79. The van der Waals surface area contributed by atoms with E-state index in [4.69, 9.17) is 0 Å². The van der Waals surface area contributed by atoms with Gasteiger partial charge in [0.2, 0.25) is 5.91 Å². The van der Waals surface area contributed by atoms with Crippen molar-refractivity contribution in [3.8, 4) is 0 Å². The van der Waals surface area contributed by atoms with E-state index in [1.807, 2.05) is 0 Å². The lowest BCUT2D eigenvalue weighted by molar-refractivity contribution is -0.123. The minimum atomic E-state index is -2.74. The smallest absolute Gasteiger partial charge is 0.262 e. The lowest BCUT2D eigenvalue weighted by Gasteiger charge is -2.19. The minimum absolute atomic E-state index is 0.241. The third-order valence-corrected chi connectivity index (χ3v) is 3.86. The molecule has 1 saturated carbocycles. The third kappa shape index (κ3) is 3.40. The highest BCUT2D eigenvalue weighted by atomic mass is 19.3. The van der Waals surface area contributed by atoms with Crippen molar-refractivity contribution in [1.82, 2.24) is 10.6 Å². The molecule has 0 aromatic carbocycles. The maximum absolute atomic E-state index is 13.0. The predicted octanol–water partition coefficient (Wildman–Crippen LogP) is 1.93. The van der Waals surface area contributed by atoms with Gasteiger partial charge in [-0.3, -0.25) is 10.1 Å². The van der Waals surface area contributed by atoms with E-state index in [1.165, 1.54) is 0 Å². The van der Waals surface area contributed by atoms with E-state index >= 15 is 0 Å². The Morgan fingerprint density at radius 1 is 1.44 bits per heavy atom. The zero-order valence-electron chi connectivity index (χ0n) is 11.1. The maximum atomic E-state index is 13.0. The zero-order valence-corrected chi connectivity index (χ0v) is 11.1. The van der Waals surface area contributed by atoms with Crippen LogP contribution in [0.1, 0.15) is 39.5 Å². The number of rotatable bonds is 5. The Morgan fingerprint density at radius 2 is 2.11 bits per heavy atom. The summed E-state index contributed by atoms with van der Waals surface area (Å²) >= 11 is 0. The fourth-order valence-electron chi connectivity index (χ4n) is 2.79. The first-order valence-electron chi connectivity index (χ1n) is 6.71. The molecule has 2 rings (SSSR count). The summed E-state index contributed by atoms with van der Waals surface area (Å²) < 4.78 is 25.9. The van der Waals surface area contributed by atoms with Crippen LogP contribution >= 0.6 is 0 Å². The SMILES string of the molecule is CC(C)CC1(CNC(=O)C2CC(F)(F)CN2)CC1. The van der Waals surface area contributed by atoms with Gasteiger partial charge in [0.1, 0.15) is 0 Å². The molecule has 1 saturated heterocycles. The summed E-state index contributed by atoms with van der Waals surface area (Å²) in [6.45, 7) is 4.58. The molecule has 18 heavy (non-hydrogen) atoms. The number of carbonyl (C=O) groups excluding carboxylic acids is 1. The largest absolute Gasteiger partial charge is 0.354 e. The van der Waals surface area contributed by atoms with Gasteiger partial charge in [0, 0.05) is 13.0 Å². The van der Waals surface area contributed by atoms with Crippen LogP contribution in [0.2, 0.25) is 0 Å². The van der Waals surface area contributed by atoms with Crippen molar-refractivity contribution in [1.29, 1.82) is 0 Å². The Balaban J connectivity index is 1.76. The molecule has 5 heteroatoms. The summed E-state index contributed by atoms with van der Waals surface area (Å²) in [5.41, 5.74) is 0.241. The number of carbonyl (C=O) groups is 1. The number of halogens is 2. The topological polar surface area (TPSA) is 41.1 Å². The van der Waals surface area contributed by atoms with Gasteiger partial charge in [0.15, 0.2) is 0 Å². The van der Waals surface area contributed by atoms with E-state index in [0.717, 1.165) is 19.3 Å². The molecule has 0 aromatic rings. The van der Waals surface area contributed by atoms with Crippen LogP contribution in [0, 0.1) is 11.3 Å². The van der Waals surface area contributed by atoms with Gasteiger partial charge in [-0.15, -0.1) is 0 Å². The Labute approximate surface area is 107 Å². The van der Waals surface area contributed by atoms with Crippen LogP contribution in [0.3, 0.4) is 0 Å². The highest BCUT2D eigenvalue weighted by molar-refractivity contribution is 5.82. The second-order valence-corrected chi connectivity index (χ2v) is 6.31. The maximum Gasteiger partial charge on any atom is 0.262 e. The molecular weight excluding hydrogens is 238 g/mol. The van der Waals surface area contributed by atoms with Crippen molar-refractivity contribution in [3.63, 3.8) is 0 Å². The van der Waals surface area contributed by atoms with Gasteiger partial charge in [-0.25, -0.2) is 8.78 Å². The summed E-state index contributed by atoms with van der Waals surface area (Å²) in [5.74, 6) is -2.41. The lowest BCUT2D eigenvalue weighted by Crippen LogP contribution is -2.42. The van der Waals surface area contributed by atoms with Crippen molar-refractivity contribution < 1.29 is 13.6 Å². The number of alkyl halides is 2. The van der Waals surface area contributed by atoms with Crippen LogP contribution in [0.25, 0.3) is 0 Å². The molecule has 1 atom stereocenters. The highest BCUT2D eigenvalue weighted by Crippen LogP contribution is 2.50. The highest BCUT2D eigenvalue weighted by Gasteiger charge is 2.45. The lowest BCUT2D eigenvalue weighted by atomic mass is 9.94. The predicted molar refractivity (Wildman–Crippen MR) is 65.5 cm³/mol. The molecular formula is C13H22F2N2O. The van der Waals surface area contributed by atoms with Gasteiger partial charge >= 0.3 is 0 Å². The minimum Gasteiger partial charge on any atom is -0.354 e. The molecule has 0 aromatic heterocycles. The monoisotopic (exact) mass is 260 g/mol. The van der Waals surface area contributed by atoms with Gasteiger partial charge in [-0.2, -0.15) is 0 Å². The van der Waals surface area contributed by atoms with Crippen molar-refractivity contribution in [3.05, 3.63) is 0 Å². The number of amides is 1. The van der Waals surface area contributed by atoms with E-state index in [1.54, 1.807) is 0 Å². The van der Waals surface area contributed by atoms with Crippen LogP contribution in [0.5, 0.6) is 0 Å². The molecule has 1 aliphatic carbocycles. The molecule has 1 amide bonds. The third-order valence-electron chi connectivity index (χ3n) is 3.86. The molecule has 1 aliphatic heterocycles. The van der Waals surface area contributed by atoms with E-state index in [2.05, 4.69) is 24.5 Å². The summed E-state index contributed by atoms with van der Waals surface area (Å²) in [6.07, 6.45) is 3.00. The number of hydrogen-bond acceptors (Lipinski definition) is 2. The molecule has 104 valence electrons. The van der Waals surface area contributed by atoms with Crippen LogP contribution < -0.4 is 10.6 Å². The van der Waals surface area contributed by atoms with E-state index in [-0.39, 0.29) is 24.3 Å². The summed E-state index contributed by atoms with van der Waals surface area (Å²) in [7, 11) is 0. The Morgan fingerprint density at radius 3 is 2.56 bits per heavy atom. The standard InChI is InChI=1S/C13H22F2N2O/c1-9(2)5-12(3-4-12)7-17-11(18)10-6-13(14,15)8-16-10/h9-10,16H,3-8H2,1-2H3,(H,17,18). The molecule has 1 unspecified atom stereocenters. The normalized spacial score (nSPS) is 28.4. The molecule has 2 fully saturated rings. The first-order valence-corrected chi connectivity index (χ1v) is 6.71. The van der Waals surface area contributed by atoms with Gasteiger partial charge in [0.05, 0.1) is 12.6 Å². The van der Waals surface area contributed by atoms with E-state index in [9.17, 15) is 13.6 Å². The fraction of sp³-hybridized carbons (Fsp3) is 0.923. The molecule has 2 N–H and O–H groups in total. The van der Waals surface area contributed by atoms with Crippen LogP contribution in [0.15, 0.2) is 0 Å². The molecule has 0 spiro atoms. The van der Waals surface area contributed by atoms with Crippen molar-refractivity contribution in [2.45, 2.75) is 51.5 Å². The molecule has 1 heterocycles. The number of hydrogen-bond donors (Lipinski definition) is 2. The van der Waals surface area contributed by atoms with E-state index in [0.29, 0.717) is 12.5 Å². The Kier molecular flexibility index (Phi) is 3.63. The zero-order chi connectivity index (χ0) is 13.4. The summed E-state index contributed by atoms with van der Waals surface area (Å²) in [5, 5.41) is 5.42. The Hall–Kier alpha value is -0.710. The van der Waals surface area contributed by atoms with Crippen molar-refractivity contribution in [2.75, 3.05) is 13.1 Å². The van der Waals surface area contributed by atoms with Crippen LogP contribution in [0.4, 0.5) is 8.78 Å². The second kappa shape index (κ2) is 4.76. The first-order chi connectivity index (χ1) is 8.32. The summed E-state index contributed by atoms with van der Waals surface area (Å²) in [6, 6.07) is -0.727. The Bertz CT molecular complexity index is 327. The van der Waals surface area contributed by atoms with Crippen LogP contribution in [-0.4, -0.2) is 31.0 Å². The molecule has 0 bridgehead atoms. The second-order valence-electron chi connectivity index (χ2n) is 6.31. The quantitative estimate of drug-likeness (QED) is 0.793. The first kappa shape index (κ1) is 13.7.